The molecule has 0 aliphatic carbocycles. The molecule has 1 saturated heterocycles. The van der Waals surface area contributed by atoms with E-state index in [2.05, 4.69) is 23.1 Å². The summed E-state index contributed by atoms with van der Waals surface area (Å²) in [5.74, 6) is 1.62. The zero-order valence-corrected chi connectivity index (χ0v) is 18.1. The Bertz CT molecular complexity index is 890. The Hall–Kier alpha value is -2.53. The van der Waals surface area contributed by atoms with Crippen LogP contribution in [0.2, 0.25) is 0 Å². The summed E-state index contributed by atoms with van der Waals surface area (Å²) < 4.78 is 17.5. The monoisotopic (exact) mass is 409 g/mol. The van der Waals surface area contributed by atoms with Crippen LogP contribution in [0.15, 0.2) is 48.5 Å². The fraction of sp³-hybridized carbons (Fsp3) is 0.480. The maximum atomic E-state index is 12.0. The molecule has 160 valence electrons. The number of nitrogens with zero attached hydrogens (tertiary/aromatic N) is 1. The Morgan fingerprint density at radius 3 is 2.73 bits per heavy atom. The summed E-state index contributed by atoms with van der Waals surface area (Å²) >= 11 is 0. The summed E-state index contributed by atoms with van der Waals surface area (Å²) in [6.07, 6.45) is 1.46. The number of ether oxygens (including phenoxy) is 3. The van der Waals surface area contributed by atoms with E-state index in [1.54, 1.807) is 0 Å². The van der Waals surface area contributed by atoms with Gasteiger partial charge in [-0.05, 0) is 45.4 Å². The van der Waals surface area contributed by atoms with Gasteiger partial charge in [-0.2, -0.15) is 0 Å². The summed E-state index contributed by atoms with van der Waals surface area (Å²) in [5.41, 5.74) is 1.99. The summed E-state index contributed by atoms with van der Waals surface area (Å²) in [5, 5.41) is 0. The smallest absolute Gasteiger partial charge is 0.307 e. The van der Waals surface area contributed by atoms with Gasteiger partial charge < -0.3 is 19.1 Å². The summed E-state index contributed by atoms with van der Waals surface area (Å²) in [6, 6.07) is 16.4. The quantitative estimate of drug-likeness (QED) is 0.665. The van der Waals surface area contributed by atoms with E-state index in [4.69, 9.17) is 14.2 Å². The lowest BCUT2D eigenvalue weighted by Gasteiger charge is -2.24. The number of hydrogen-bond donors (Lipinski definition) is 0. The molecule has 2 heterocycles. The minimum Gasteiger partial charge on any atom is -0.492 e. The second-order valence-corrected chi connectivity index (χ2v) is 9.36. The Morgan fingerprint density at radius 1 is 1.17 bits per heavy atom. The molecule has 0 amide bonds. The fourth-order valence-corrected chi connectivity index (χ4v) is 4.31. The molecular formula is C25H31NO4. The van der Waals surface area contributed by atoms with Crippen molar-refractivity contribution in [1.29, 1.82) is 0 Å². The van der Waals surface area contributed by atoms with Gasteiger partial charge in [0.15, 0.2) is 0 Å². The molecule has 1 spiro atoms. The highest BCUT2D eigenvalue weighted by Gasteiger charge is 2.46. The maximum absolute atomic E-state index is 12.0. The lowest BCUT2D eigenvalue weighted by molar-refractivity contribution is -0.155. The standard InChI is InChI=1S/C25H31NO4/c1-24(2,3)30-23(27)11-13-26-14-12-25(17-26)18-29-22-15-20(9-10-21(22)25)28-16-19-7-5-4-6-8-19/h4-10,15H,11-14,16-18H2,1-3H3. The molecule has 5 heteroatoms. The van der Waals surface area contributed by atoms with Gasteiger partial charge in [-0.1, -0.05) is 36.4 Å². The molecule has 2 aromatic rings. The zero-order valence-electron chi connectivity index (χ0n) is 18.1. The molecular weight excluding hydrogens is 378 g/mol. The van der Waals surface area contributed by atoms with Crippen LogP contribution in [-0.2, 0) is 21.6 Å². The molecule has 2 aliphatic heterocycles. The normalized spacial score (nSPS) is 20.8. The van der Waals surface area contributed by atoms with Gasteiger partial charge in [0, 0.05) is 30.1 Å². The first-order valence-corrected chi connectivity index (χ1v) is 10.7. The minimum atomic E-state index is -0.429. The number of likely N-dealkylation sites (tertiary alicyclic amines) is 1. The van der Waals surface area contributed by atoms with E-state index in [1.807, 2.05) is 51.1 Å². The number of rotatable bonds is 6. The third kappa shape index (κ3) is 4.78. The van der Waals surface area contributed by atoms with Crippen LogP contribution in [0.3, 0.4) is 0 Å². The SMILES string of the molecule is CC(C)(C)OC(=O)CCN1CCC2(COc3cc(OCc4ccccc4)ccc32)C1. The van der Waals surface area contributed by atoms with Gasteiger partial charge in [0.2, 0.25) is 0 Å². The van der Waals surface area contributed by atoms with Crippen molar-refractivity contribution in [2.75, 3.05) is 26.2 Å². The molecule has 5 nitrogen and oxygen atoms in total. The van der Waals surface area contributed by atoms with Crippen molar-refractivity contribution in [1.82, 2.24) is 4.90 Å². The van der Waals surface area contributed by atoms with E-state index in [0.29, 0.717) is 19.6 Å². The number of benzene rings is 2. The second-order valence-electron chi connectivity index (χ2n) is 9.36. The summed E-state index contributed by atoms with van der Waals surface area (Å²) in [6.45, 7) is 9.55. The van der Waals surface area contributed by atoms with Crippen LogP contribution in [0.5, 0.6) is 11.5 Å². The van der Waals surface area contributed by atoms with Crippen molar-refractivity contribution >= 4 is 5.97 Å². The number of carbonyl (C=O) groups excluding carboxylic acids is 1. The first kappa shape index (κ1) is 20.7. The van der Waals surface area contributed by atoms with Crippen molar-refractivity contribution in [3.05, 3.63) is 59.7 Å². The van der Waals surface area contributed by atoms with Crippen LogP contribution in [0.4, 0.5) is 0 Å². The zero-order chi connectivity index (χ0) is 21.2. The van der Waals surface area contributed by atoms with Gasteiger partial charge in [-0.25, -0.2) is 0 Å². The highest BCUT2D eigenvalue weighted by molar-refractivity contribution is 5.70. The Morgan fingerprint density at radius 2 is 1.97 bits per heavy atom. The van der Waals surface area contributed by atoms with Crippen molar-refractivity contribution in [3.63, 3.8) is 0 Å². The second kappa shape index (κ2) is 8.31. The summed E-state index contributed by atoms with van der Waals surface area (Å²) in [4.78, 5) is 14.4. The van der Waals surface area contributed by atoms with E-state index in [-0.39, 0.29) is 11.4 Å². The highest BCUT2D eigenvalue weighted by Crippen LogP contribution is 2.46. The third-order valence-corrected chi connectivity index (χ3v) is 5.76. The van der Waals surface area contributed by atoms with Crippen molar-refractivity contribution in [2.24, 2.45) is 0 Å². The lowest BCUT2D eigenvalue weighted by Crippen LogP contribution is -2.34. The van der Waals surface area contributed by atoms with Crippen LogP contribution in [0, 0.1) is 0 Å². The molecule has 2 aromatic carbocycles. The Labute approximate surface area is 178 Å². The van der Waals surface area contributed by atoms with E-state index >= 15 is 0 Å². The summed E-state index contributed by atoms with van der Waals surface area (Å²) in [7, 11) is 0. The predicted octanol–water partition coefficient (Wildman–Crippen LogP) is 4.33. The first-order chi connectivity index (χ1) is 14.3. The van der Waals surface area contributed by atoms with Gasteiger partial charge in [-0.15, -0.1) is 0 Å². The van der Waals surface area contributed by atoms with Crippen LogP contribution in [-0.4, -0.2) is 42.7 Å². The van der Waals surface area contributed by atoms with Crippen molar-refractivity contribution in [3.8, 4) is 11.5 Å². The van der Waals surface area contributed by atoms with Gasteiger partial charge in [0.1, 0.15) is 23.7 Å². The van der Waals surface area contributed by atoms with Crippen LogP contribution in [0.1, 0.15) is 44.7 Å². The van der Waals surface area contributed by atoms with Gasteiger partial charge >= 0.3 is 5.97 Å². The topological polar surface area (TPSA) is 48.0 Å². The molecule has 4 rings (SSSR count). The van der Waals surface area contributed by atoms with E-state index < -0.39 is 5.60 Å². The van der Waals surface area contributed by atoms with Gasteiger partial charge in [0.05, 0.1) is 13.0 Å². The molecule has 0 saturated carbocycles. The number of hydrogen-bond acceptors (Lipinski definition) is 5. The van der Waals surface area contributed by atoms with Crippen molar-refractivity contribution in [2.45, 2.75) is 51.2 Å². The van der Waals surface area contributed by atoms with Crippen LogP contribution in [0.25, 0.3) is 0 Å². The fourth-order valence-electron chi connectivity index (χ4n) is 4.31. The average Bonchev–Trinajstić information content (AvgIpc) is 3.29. The molecule has 0 bridgehead atoms. The number of fused-ring (bicyclic) bond motifs is 2. The van der Waals surface area contributed by atoms with Gasteiger partial charge in [-0.3, -0.25) is 4.79 Å². The molecule has 2 aliphatic rings. The molecule has 1 atom stereocenters. The maximum Gasteiger partial charge on any atom is 0.307 e. The number of esters is 1. The molecule has 0 radical (unpaired) electrons. The lowest BCUT2D eigenvalue weighted by atomic mass is 9.82. The minimum absolute atomic E-state index is 0.0151. The van der Waals surface area contributed by atoms with E-state index in [9.17, 15) is 4.79 Å². The first-order valence-electron chi connectivity index (χ1n) is 10.7. The predicted molar refractivity (Wildman–Crippen MR) is 116 cm³/mol. The Balaban J connectivity index is 1.34. The molecule has 1 unspecified atom stereocenters. The molecule has 0 N–H and O–H groups in total. The third-order valence-electron chi connectivity index (χ3n) is 5.76. The molecule has 1 fully saturated rings. The largest absolute Gasteiger partial charge is 0.492 e. The van der Waals surface area contributed by atoms with Crippen molar-refractivity contribution < 1.29 is 19.0 Å². The van der Waals surface area contributed by atoms with E-state index in [1.165, 1.54) is 5.56 Å². The highest BCUT2D eigenvalue weighted by atomic mass is 16.6. The molecule has 30 heavy (non-hydrogen) atoms. The molecule has 0 aromatic heterocycles. The van der Waals surface area contributed by atoms with E-state index in [0.717, 1.165) is 43.1 Å². The van der Waals surface area contributed by atoms with Crippen LogP contribution >= 0.6 is 0 Å². The average molecular weight is 410 g/mol. The Kier molecular flexibility index (Phi) is 5.74. The van der Waals surface area contributed by atoms with Gasteiger partial charge in [0.25, 0.3) is 0 Å². The van der Waals surface area contributed by atoms with Crippen LogP contribution < -0.4 is 9.47 Å². The number of carbonyl (C=O) groups is 1.